The maximum absolute atomic E-state index is 13.2. The van der Waals surface area contributed by atoms with E-state index in [2.05, 4.69) is 0 Å². The van der Waals surface area contributed by atoms with Gasteiger partial charge in [-0.3, -0.25) is 4.79 Å². The highest BCUT2D eigenvalue weighted by Crippen LogP contribution is 2.22. The van der Waals surface area contributed by atoms with Crippen molar-refractivity contribution in [3.63, 3.8) is 0 Å². The van der Waals surface area contributed by atoms with Crippen LogP contribution in [0.4, 0.5) is 4.39 Å². The number of hydrogen-bond donors (Lipinski definition) is 0. The molecule has 1 atom stereocenters. The number of carbonyl (C=O) groups is 1. The van der Waals surface area contributed by atoms with Crippen molar-refractivity contribution in [2.24, 2.45) is 0 Å². The number of aryl methyl sites for hydroxylation is 1. The van der Waals surface area contributed by atoms with Gasteiger partial charge in [0.1, 0.15) is 11.9 Å². The van der Waals surface area contributed by atoms with Crippen LogP contribution in [-0.4, -0.2) is 30.5 Å². The molecule has 1 heterocycles. The van der Waals surface area contributed by atoms with E-state index >= 15 is 0 Å². The monoisotopic (exact) mass is 313 g/mol. The Bertz CT molecular complexity index is 659. The third kappa shape index (κ3) is 4.17. The van der Waals surface area contributed by atoms with Gasteiger partial charge in [0.15, 0.2) is 0 Å². The molecule has 0 bridgehead atoms. The number of nitrogens with zero attached hydrogens (tertiary/aromatic N) is 1. The van der Waals surface area contributed by atoms with Gasteiger partial charge in [0.2, 0.25) is 5.91 Å². The molecule has 2 aromatic rings. The highest BCUT2D eigenvalue weighted by molar-refractivity contribution is 5.76. The summed E-state index contributed by atoms with van der Waals surface area (Å²) in [6.45, 7) is 1.74. The van der Waals surface area contributed by atoms with Crippen molar-refractivity contribution in [3.05, 3.63) is 71.5 Å². The number of ether oxygens (including phenoxy) is 1. The number of carbonyl (C=O) groups excluding carboxylic acids is 1. The Hall–Kier alpha value is -2.20. The van der Waals surface area contributed by atoms with Crippen molar-refractivity contribution in [1.82, 2.24) is 4.90 Å². The van der Waals surface area contributed by atoms with Gasteiger partial charge in [0.05, 0.1) is 13.2 Å². The quantitative estimate of drug-likeness (QED) is 0.866. The number of hydrogen-bond acceptors (Lipinski definition) is 2. The molecule has 3 rings (SSSR count). The second-order valence-electron chi connectivity index (χ2n) is 5.74. The number of benzene rings is 2. The Morgan fingerprint density at radius 3 is 2.78 bits per heavy atom. The zero-order valence-electron chi connectivity index (χ0n) is 13.0. The van der Waals surface area contributed by atoms with Gasteiger partial charge in [-0.15, -0.1) is 0 Å². The van der Waals surface area contributed by atoms with Gasteiger partial charge in [-0.1, -0.05) is 42.5 Å². The predicted octanol–water partition coefficient (Wildman–Crippen LogP) is 3.36. The van der Waals surface area contributed by atoms with E-state index in [0.29, 0.717) is 32.5 Å². The molecule has 0 aromatic heterocycles. The van der Waals surface area contributed by atoms with Crippen LogP contribution in [0.25, 0.3) is 0 Å². The lowest BCUT2D eigenvalue weighted by atomic mass is 10.1. The minimum absolute atomic E-state index is 0.0666. The molecule has 1 fully saturated rings. The normalized spacial score (nSPS) is 18.0. The summed E-state index contributed by atoms with van der Waals surface area (Å²) in [5.41, 5.74) is 1.95. The van der Waals surface area contributed by atoms with E-state index in [1.54, 1.807) is 6.07 Å². The molecule has 2 aromatic carbocycles. The molecule has 0 N–H and O–H groups in total. The number of morpholine rings is 1. The van der Waals surface area contributed by atoms with Crippen LogP contribution in [0, 0.1) is 5.82 Å². The standard InChI is InChI=1S/C19H20FNO2/c20-17-8-4-5-15(13-17)9-10-19(22)21-11-12-23-18(14-21)16-6-2-1-3-7-16/h1-8,13,18H,9-12,14H2. The highest BCUT2D eigenvalue weighted by Gasteiger charge is 2.24. The fourth-order valence-electron chi connectivity index (χ4n) is 2.85. The Labute approximate surface area is 135 Å². The molecule has 0 radical (unpaired) electrons. The van der Waals surface area contributed by atoms with Gasteiger partial charge >= 0.3 is 0 Å². The predicted molar refractivity (Wildman–Crippen MR) is 86.4 cm³/mol. The van der Waals surface area contributed by atoms with Crippen LogP contribution >= 0.6 is 0 Å². The molecule has 120 valence electrons. The Kier molecular flexibility index (Phi) is 5.03. The highest BCUT2D eigenvalue weighted by atomic mass is 19.1. The summed E-state index contributed by atoms with van der Waals surface area (Å²) in [6, 6.07) is 16.4. The van der Waals surface area contributed by atoms with Gasteiger partial charge in [-0.2, -0.15) is 0 Å². The molecule has 4 heteroatoms. The number of amides is 1. The zero-order chi connectivity index (χ0) is 16.1. The smallest absolute Gasteiger partial charge is 0.223 e. The van der Waals surface area contributed by atoms with Crippen LogP contribution in [0.15, 0.2) is 54.6 Å². The molecule has 3 nitrogen and oxygen atoms in total. The number of rotatable bonds is 4. The maximum Gasteiger partial charge on any atom is 0.223 e. The molecule has 1 aliphatic rings. The summed E-state index contributed by atoms with van der Waals surface area (Å²) in [6.07, 6.45) is 0.887. The molecular formula is C19H20FNO2. The molecule has 0 spiro atoms. The molecule has 1 amide bonds. The van der Waals surface area contributed by atoms with Gasteiger partial charge in [0.25, 0.3) is 0 Å². The van der Waals surface area contributed by atoms with E-state index in [4.69, 9.17) is 4.74 Å². The van der Waals surface area contributed by atoms with E-state index in [1.165, 1.54) is 12.1 Å². The fraction of sp³-hybridized carbons (Fsp3) is 0.316. The first-order valence-electron chi connectivity index (χ1n) is 7.91. The Morgan fingerprint density at radius 1 is 1.17 bits per heavy atom. The summed E-state index contributed by atoms with van der Waals surface area (Å²) in [5, 5.41) is 0. The van der Waals surface area contributed by atoms with Crippen LogP contribution in [0.5, 0.6) is 0 Å². The SMILES string of the molecule is O=C(CCc1cccc(F)c1)N1CCOC(c2ccccc2)C1. The van der Waals surface area contributed by atoms with Gasteiger partial charge in [0, 0.05) is 13.0 Å². The average Bonchev–Trinajstić information content (AvgIpc) is 2.61. The van der Waals surface area contributed by atoms with E-state index < -0.39 is 0 Å². The molecule has 1 unspecified atom stereocenters. The summed E-state index contributed by atoms with van der Waals surface area (Å²) >= 11 is 0. The van der Waals surface area contributed by atoms with E-state index in [0.717, 1.165) is 11.1 Å². The van der Waals surface area contributed by atoms with Gasteiger partial charge in [-0.05, 0) is 29.7 Å². The minimum atomic E-state index is -0.259. The summed E-state index contributed by atoms with van der Waals surface area (Å²) in [5.74, 6) is -0.163. The summed E-state index contributed by atoms with van der Waals surface area (Å²) < 4.78 is 19.0. The van der Waals surface area contributed by atoms with Crippen molar-refractivity contribution >= 4 is 5.91 Å². The molecule has 0 saturated carbocycles. The molecular weight excluding hydrogens is 293 g/mol. The van der Waals surface area contributed by atoms with E-state index in [1.807, 2.05) is 41.3 Å². The molecule has 0 aliphatic carbocycles. The van der Waals surface area contributed by atoms with Crippen LogP contribution in [0.1, 0.15) is 23.7 Å². The first-order chi connectivity index (χ1) is 11.2. The lowest BCUT2D eigenvalue weighted by Gasteiger charge is -2.33. The summed E-state index contributed by atoms with van der Waals surface area (Å²) in [4.78, 5) is 14.3. The third-order valence-corrected chi connectivity index (χ3v) is 4.11. The van der Waals surface area contributed by atoms with Crippen molar-refractivity contribution in [2.75, 3.05) is 19.7 Å². The van der Waals surface area contributed by atoms with Gasteiger partial charge < -0.3 is 9.64 Å². The van der Waals surface area contributed by atoms with Crippen LogP contribution in [0.3, 0.4) is 0 Å². The van der Waals surface area contributed by atoms with Crippen molar-refractivity contribution in [1.29, 1.82) is 0 Å². The molecule has 23 heavy (non-hydrogen) atoms. The molecule has 1 saturated heterocycles. The fourth-order valence-corrected chi connectivity index (χ4v) is 2.85. The largest absolute Gasteiger partial charge is 0.370 e. The lowest BCUT2D eigenvalue weighted by molar-refractivity contribution is -0.139. The Balaban J connectivity index is 1.57. The number of halogens is 1. The van der Waals surface area contributed by atoms with Crippen LogP contribution < -0.4 is 0 Å². The van der Waals surface area contributed by atoms with Crippen molar-refractivity contribution in [3.8, 4) is 0 Å². The third-order valence-electron chi connectivity index (χ3n) is 4.11. The zero-order valence-corrected chi connectivity index (χ0v) is 13.0. The second-order valence-corrected chi connectivity index (χ2v) is 5.74. The minimum Gasteiger partial charge on any atom is -0.370 e. The van der Waals surface area contributed by atoms with Crippen molar-refractivity contribution in [2.45, 2.75) is 18.9 Å². The topological polar surface area (TPSA) is 29.5 Å². The molecule has 1 aliphatic heterocycles. The first-order valence-corrected chi connectivity index (χ1v) is 7.91. The van der Waals surface area contributed by atoms with E-state index in [9.17, 15) is 9.18 Å². The first kappa shape index (κ1) is 15.7. The second kappa shape index (κ2) is 7.38. The van der Waals surface area contributed by atoms with Crippen LogP contribution in [-0.2, 0) is 16.0 Å². The Morgan fingerprint density at radius 2 is 2.00 bits per heavy atom. The van der Waals surface area contributed by atoms with Gasteiger partial charge in [-0.25, -0.2) is 4.39 Å². The van der Waals surface area contributed by atoms with Crippen LogP contribution in [0.2, 0.25) is 0 Å². The van der Waals surface area contributed by atoms with Crippen molar-refractivity contribution < 1.29 is 13.9 Å². The maximum atomic E-state index is 13.2. The van der Waals surface area contributed by atoms with E-state index in [-0.39, 0.29) is 17.8 Å². The summed E-state index contributed by atoms with van der Waals surface area (Å²) in [7, 11) is 0. The average molecular weight is 313 g/mol. The lowest BCUT2D eigenvalue weighted by Crippen LogP contribution is -2.42.